The van der Waals surface area contributed by atoms with E-state index in [-0.39, 0.29) is 0 Å². The van der Waals surface area contributed by atoms with Gasteiger partial charge in [-0.05, 0) is 14.0 Å². The second-order valence-electron chi connectivity index (χ2n) is 2.62. The lowest BCUT2D eigenvalue weighted by atomic mass is 10.2. The van der Waals surface area contributed by atoms with Crippen LogP contribution in [-0.4, -0.2) is 29.6 Å². The highest BCUT2D eigenvalue weighted by Gasteiger charge is 2.20. The van der Waals surface area contributed by atoms with Gasteiger partial charge in [0.05, 0.1) is 0 Å². The summed E-state index contributed by atoms with van der Waals surface area (Å²) in [6.45, 7) is 6.04. The maximum Gasteiger partial charge on any atom is 0.0448 e. The smallest absolute Gasteiger partial charge is 0.0448 e. The van der Waals surface area contributed by atoms with Crippen LogP contribution in [0.25, 0.3) is 0 Å². The van der Waals surface area contributed by atoms with E-state index in [9.17, 15) is 0 Å². The summed E-state index contributed by atoms with van der Waals surface area (Å²) in [7, 11) is 2.15. The number of thioether (sulfide) groups is 1. The van der Waals surface area contributed by atoms with Gasteiger partial charge in [-0.1, -0.05) is 12.2 Å². The lowest BCUT2D eigenvalue weighted by Gasteiger charge is -2.17. The van der Waals surface area contributed by atoms with Crippen LogP contribution in [0.4, 0.5) is 0 Å². The lowest BCUT2D eigenvalue weighted by Crippen LogP contribution is -2.27. The van der Waals surface area contributed by atoms with Crippen molar-refractivity contribution in [2.45, 2.75) is 13.0 Å². The average molecular weight is 143 g/mol. The van der Waals surface area contributed by atoms with Crippen molar-refractivity contribution in [2.75, 3.05) is 18.7 Å². The van der Waals surface area contributed by atoms with Gasteiger partial charge < -0.3 is 0 Å². The Bertz CT molecular complexity index is 122. The number of rotatable bonds is 1. The van der Waals surface area contributed by atoms with Crippen molar-refractivity contribution in [3.05, 3.63) is 12.2 Å². The van der Waals surface area contributed by atoms with Gasteiger partial charge in [0.1, 0.15) is 0 Å². The SMILES string of the molecule is C=C(C)C1CSCN1C. The molecule has 0 aromatic carbocycles. The van der Waals surface area contributed by atoms with E-state index < -0.39 is 0 Å². The largest absolute Gasteiger partial charge is 0.290 e. The van der Waals surface area contributed by atoms with Crippen LogP contribution < -0.4 is 0 Å². The van der Waals surface area contributed by atoms with Crippen LogP contribution in [0.2, 0.25) is 0 Å². The fraction of sp³-hybridized carbons (Fsp3) is 0.714. The van der Waals surface area contributed by atoms with Crippen LogP contribution in [-0.2, 0) is 0 Å². The van der Waals surface area contributed by atoms with E-state index in [1.165, 1.54) is 11.3 Å². The molecule has 0 saturated carbocycles. The van der Waals surface area contributed by atoms with Crippen molar-refractivity contribution < 1.29 is 0 Å². The van der Waals surface area contributed by atoms with E-state index in [2.05, 4.69) is 25.5 Å². The Labute approximate surface area is 61.1 Å². The van der Waals surface area contributed by atoms with E-state index in [4.69, 9.17) is 0 Å². The molecule has 1 nitrogen and oxygen atoms in total. The second-order valence-corrected chi connectivity index (χ2v) is 3.62. The van der Waals surface area contributed by atoms with Gasteiger partial charge in [0.25, 0.3) is 0 Å². The molecule has 0 aromatic rings. The van der Waals surface area contributed by atoms with Gasteiger partial charge in [-0.2, -0.15) is 0 Å². The number of hydrogen-bond donors (Lipinski definition) is 0. The molecule has 0 radical (unpaired) electrons. The van der Waals surface area contributed by atoms with Crippen LogP contribution in [0.5, 0.6) is 0 Å². The Morgan fingerprint density at radius 1 is 1.78 bits per heavy atom. The summed E-state index contributed by atoms with van der Waals surface area (Å²) in [4.78, 5) is 2.34. The first-order valence-electron chi connectivity index (χ1n) is 3.15. The minimum absolute atomic E-state index is 0.634. The average Bonchev–Trinajstić information content (AvgIpc) is 2.13. The van der Waals surface area contributed by atoms with Crippen molar-refractivity contribution in [3.8, 4) is 0 Å². The fourth-order valence-corrected chi connectivity index (χ4v) is 2.38. The Morgan fingerprint density at radius 3 is 2.67 bits per heavy atom. The van der Waals surface area contributed by atoms with Crippen LogP contribution >= 0.6 is 11.8 Å². The molecule has 0 aliphatic carbocycles. The van der Waals surface area contributed by atoms with Gasteiger partial charge in [0.15, 0.2) is 0 Å². The zero-order valence-electron chi connectivity index (χ0n) is 6.05. The summed E-state index contributed by atoms with van der Waals surface area (Å²) in [5, 5.41) is 0. The molecule has 1 aliphatic heterocycles. The first kappa shape index (κ1) is 7.16. The zero-order chi connectivity index (χ0) is 6.85. The van der Waals surface area contributed by atoms with Crippen LogP contribution in [0.1, 0.15) is 6.92 Å². The molecule has 1 heterocycles. The number of likely N-dealkylation sites (N-methyl/N-ethyl adjacent to an activating group) is 1. The molecule has 0 amide bonds. The topological polar surface area (TPSA) is 3.24 Å². The van der Waals surface area contributed by atoms with Crippen molar-refractivity contribution in [1.29, 1.82) is 0 Å². The monoisotopic (exact) mass is 143 g/mol. The molecule has 1 aliphatic rings. The summed E-state index contributed by atoms with van der Waals surface area (Å²) in [5.41, 5.74) is 1.29. The minimum Gasteiger partial charge on any atom is -0.290 e. The van der Waals surface area contributed by atoms with Crippen molar-refractivity contribution in [1.82, 2.24) is 4.90 Å². The molecule has 0 aromatic heterocycles. The summed E-state index contributed by atoms with van der Waals surface area (Å²) in [6, 6.07) is 0.634. The van der Waals surface area contributed by atoms with Gasteiger partial charge >= 0.3 is 0 Å². The highest BCUT2D eigenvalue weighted by atomic mass is 32.2. The highest BCUT2D eigenvalue weighted by molar-refractivity contribution is 7.99. The summed E-state index contributed by atoms with van der Waals surface area (Å²) >= 11 is 1.98. The maximum atomic E-state index is 3.93. The third kappa shape index (κ3) is 1.49. The van der Waals surface area contributed by atoms with Gasteiger partial charge in [-0.25, -0.2) is 0 Å². The quantitative estimate of drug-likeness (QED) is 0.513. The molecule has 2 heteroatoms. The summed E-state index contributed by atoms with van der Waals surface area (Å²) in [5.74, 6) is 2.39. The summed E-state index contributed by atoms with van der Waals surface area (Å²) < 4.78 is 0. The standard InChI is InChI=1S/C7H13NS/c1-6(2)7-4-9-5-8(7)3/h7H,1,4-5H2,2-3H3. The maximum absolute atomic E-state index is 3.93. The van der Waals surface area contributed by atoms with E-state index >= 15 is 0 Å². The minimum atomic E-state index is 0.634. The van der Waals surface area contributed by atoms with E-state index in [0.717, 1.165) is 5.88 Å². The predicted octanol–water partition coefficient (Wildman–Crippen LogP) is 1.57. The van der Waals surface area contributed by atoms with E-state index in [0.29, 0.717) is 6.04 Å². The third-order valence-electron chi connectivity index (χ3n) is 1.67. The van der Waals surface area contributed by atoms with Crippen LogP contribution in [0, 0.1) is 0 Å². The molecule has 0 bridgehead atoms. The van der Waals surface area contributed by atoms with Gasteiger partial charge in [-0.3, -0.25) is 4.90 Å². The van der Waals surface area contributed by atoms with Gasteiger partial charge in [0.2, 0.25) is 0 Å². The Kier molecular flexibility index (Phi) is 2.19. The molecular weight excluding hydrogens is 130 g/mol. The molecule has 0 N–H and O–H groups in total. The molecule has 1 rings (SSSR count). The molecule has 9 heavy (non-hydrogen) atoms. The number of hydrogen-bond acceptors (Lipinski definition) is 2. The van der Waals surface area contributed by atoms with E-state index in [1.54, 1.807) is 0 Å². The molecular formula is C7H13NS. The second kappa shape index (κ2) is 2.76. The summed E-state index contributed by atoms with van der Waals surface area (Å²) in [6.07, 6.45) is 0. The Morgan fingerprint density at radius 2 is 2.44 bits per heavy atom. The molecule has 52 valence electrons. The third-order valence-corrected chi connectivity index (χ3v) is 2.81. The first-order valence-corrected chi connectivity index (χ1v) is 4.30. The highest BCUT2D eigenvalue weighted by Crippen LogP contribution is 2.22. The predicted molar refractivity (Wildman–Crippen MR) is 43.7 cm³/mol. The molecule has 0 spiro atoms. The number of nitrogens with zero attached hydrogens (tertiary/aromatic N) is 1. The molecule has 1 unspecified atom stereocenters. The first-order chi connectivity index (χ1) is 4.22. The lowest BCUT2D eigenvalue weighted by molar-refractivity contribution is 0.360. The van der Waals surface area contributed by atoms with Crippen molar-refractivity contribution in [3.63, 3.8) is 0 Å². The van der Waals surface area contributed by atoms with Gasteiger partial charge in [-0.15, -0.1) is 11.8 Å². The van der Waals surface area contributed by atoms with Crippen LogP contribution in [0.3, 0.4) is 0 Å². The van der Waals surface area contributed by atoms with Crippen molar-refractivity contribution in [2.24, 2.45) is 0 Å². The van der Waals surface area contributed by atoms with E-state index in [1.807, 2.05) is 11.8 Å². The zero-order valence-corrected chi connectivity index (χ0v) is 6.87. The van der Waals surface area contributed by atoms with Gasteiger partial charge in [0, 0.05) is 17.7 Å². The van der Waals surface area contributed by atoms with Crippen LogP contribution in [0.15, 0.2) is 12.2 Å². The van der Waals surface area contributed by atoms with Crippen molar-refractivity contribution >= 4 is 11.8 Å². The molecule has 1 fully saturated rings. The molecule has 1 saturated heterocycles. The normalized spacial score (nSPS) is 28.9. The molecule has 1 atom stereocenters. The fourth-order valence-electron chi connectivity index (χ4n) is 1.04. The Balaban J connectivity index is 2.49. The Hall–Kier alpha value is 0.0500.